The number of nitrogens with zero attached hydrogens (tertiary/aromatic N) is 3. The molecule has 1 saturated heterocycles. The van der Waals surface area contributed by atoms with Crippen LogP contribution in [-0.2, 0) is 0 Å². The maximum absolute atomic E-state index is 13.2. The summed E-state index contributed by atoms with van der Waals surface area (Å²) in [6.45, 7) is 8.12. The molecule has 5 heteroatoms. The van der Waals surface area contributed by atoms with Crippen LogP contribution in [0.15, 0.2) is 24.3 Å². The molecule has 0 spiro atoms. The van der Waals surface area contributed by atoms with Crippen LogP contribution in [0.5, 0.6) is 5.88 Å². The van der Waals surface area contributed by atoms with E-state index in [4.69, 9.17) is 4.74 Å². The molecule has 0 bridgehead atoms. The van der Waals surface area contributed by atoms with Crippen LogP contribution < -0.4 is 4.74 Å². The minimum atomic E-state index is -0.248. The van der Waals surface area contributed by atoms with Crippen molar-refractivity contribution in [1.82, 2.24) is 14.9 Å². The molecule has 0 atom stereocenters. The van der Waals surface area contributed by atoms with E-state index in [0.29, 0.717) is 18.3 Å². The van der Waals surface area contributed by atoms with Crippen molar-refractivity contribution in [2.75, 3.05) is 26.2 Å². The lowest BCUT2D eigenvalue weighted by Gasteiger charge is -2.26. The predicted octanol–water partition coefficient (Wildman–Crippen LogP) is 4.54. The molecule has 4 nitrogen and oxygen atoms in total. The Kier molecular flexibility index (Phi) is 6.56. The van der Waals surface area contributed by atoms with Crippen LogP contribution in [0.4, 0.5) is 4.39 Å². The molecule has 1 aliphatic heterocycles. The smallest absolute Gasteiger partial charge is 0.220 e. The maximum atomic E-state index is 13.2. The van der Waals surface area contributed by atoms with Gasteiger partial charge in [0.15, 0.2) is 0 Å². The van der Waals surface area contributed by atoms with Crippen LogP contribution >= 0.6 is 0 Å². The summed E-state index contributed by atoms with van der Waals surface area (Å²) in [6, 6.07) is 6.39. The Morgan fingerprint density at radius 1 is 1.00 bits per heavy atom. The summed E-state index contributed by atoms with van der Waals surface area (Å²) in [5.41, 5.74) is 2.59. The van der Waals surface area contributed by atoms with E-state index in [1.54, 1.807) is 12.1 Å². The van der Waals surface area contributed by atoms with Gasteiger partial charge in [-0.15, -0.1) is 0 Å². The lowest BCUT2D eigenvalue weighted by Crippen LogP contribution is -2.30. The zero-order chi connectivity index (χ0) is 18.4. The van der Waals surface area contributed by atoms with Crippen molar-refractivity contribution in [3.63, 3.8) is 0 Å². The number of aromatic nitrogens is 2. The molecule has 2 heterocycles. The third kappa shape index (κ3) is 5.01. The molecule has 0 saturated carbocycles. The third-order valence-corrected chi connectivity index (χ3v) is 4.89. The van der Waals surface area contributed by atoms with Gasteiger partial charge in [0.25, 0.3) is 0 Å². The van der Waals surface area contributed by atoms with Crippen LogP contribution in [0.2, 0.25) is 0 Å². The van der Waals surface area contributed by atoms with Gasteiger partial charge in [-0.25, -0.2) is 9.37 Å². The lowest BCUT2D eigenvalue weighted by atomic mass is 10.1. The van der Waals surface area contributed by atoms with Crippen molar-refractivity contribution >= 4 is 0 Å². The first kappa shape index (κ1) is 18.8. The monoisotopic (exact) mass is 357 g/mol. The molecule has 0 N–H and O–H groups in total. The number of hydrogen-bond acceptors (Lipinski definition) is 4. The highest BCUT2D eigenvalue weighted by Crippen LogP contribution is 2.27. The van der Waals surface area contributed by atoms with Crippen LogP contribution in [-0.4, -0.2) is 41.1 Å². The van der Waals surface area contributed by atoms with Gasteiger partial charge in [-0.3, -0.25) is 0 Å². The second kappa shape index (κ2) is 9.08. The molecule has 140 valence electrons. The first-order valence-corrected chi connectivity index (χ1v) is 9.60. The molecular weight excluding hydrogens is 329 g/mol. The highest BCUT2D eigenvalue weighted by molar-refractivity contribution is 5.64. The molecular formula is C21H28FN3O. The topological polar surface area (TPSA) is 38.2 Å². The van der Waals surface area contributed by atoms with E-state index < -0.39 is 0 Å². The van der Waals surface area contributed by atoms with Gasteiger partial charge >= 0.3 is 0 Å². The van der Waals surface area contributed by atoms with E-state index in [9.17, 15) is 4.39 Å². The van der Waals surface area contributed by atoms with E-state index in [1.807, 2.05) is 13.8 Å². The molecule has 1 aromatic heterocycles. The molecule has 0 amide bonds. The minimum absolute atomic E-state index is 0.248. The highest BCUT2D eigenvalue weighted by atomic mass is 19.1. The summed E-state index contributed by atoms with van der Waals surface area (Å²) in [4.78, 5) is 11.5. The largest absolute Gasteiger partial charge is 0.477 e. The van der Waals surface area contributed by atoms with E-state index >= 15 is 0 Å². The average molecular weight is 357 g/mol. The number of benzene rings is 1. The molecule has 3 rings (SSSR count). The SMILES string of the molecule is Cc1nc(OCCCCN2CCCCC2)c(C)c(-c2ccc(F)cc2)n1. The average Bonchev–Trinajstić information content (AvgIpc) is 2.65. The fraction of sp³-hybridized carbons (Fsp3) is 0.524. The number of halogens is 1. The van der Waals surface area contributed by atoms with E-state index in [2.05, 4.69) is 14.9 Å². The van der Waals surface area contributed by atoms with Crippen molar-refractivity contribution in [3.8, 4) is 17.1 Å². The van der Waals surface area contributed by atoms with Gasteiger partial charge in [0, 0.05) is 11.1 Å². The summed E-state index contributed by atoms with van der Waals surface area (Å²) in [7, 11) is 0. The second-order valence-electron chi connectivity index (χ2n) is 7.01. The molecule has 1 fully saturated rings. The fourth-order valence-corrected chi connectivity index (χ4v) is 3.42. The van der Waals surface area contributed by atoms with Gasteiger partial charge in [-0.2, -0.15) is 4.98 Å². The molecule has 0 radical (unpaired) electrons. The fourth-order valence-electron chi connectivity index (χ4n) is 3.42. The van der Waals surface area contributed by atoms with Gasteiger partial charge < -0.3 is 9.64 Å². The van der Waals surface area contributed by atoms with Crippen molar-refractivity contribution in [3.05, 3.63) is 41.5 Å². The predicted molar refractivity (Wildman–Crippen MR) is 102 cm³/mol. The van der Waals surface area contributed by atoms with E-state index in [-0.39, 0.29) is 5.82 Å². The minimum Gasteiger partial charge on any atom is -0.477 e. The van der Waals surface area contributed by atoms with Gasteiger partial charge in [0.1, 0.15) is 11.6 Å². The van der Waals surface area contributed by atoms with Crippen LogP contribution in [0.3, 0.4) is 0 Å². The van der Waals surface area contributed by atoms with Crippen LogP contribution in [0.1, 0.15) is 43.5 Å². The number of likely N-dealkylation sites (tertiary alicyclic amines) is 1. The third-order valence-electron chi connectivity index (χ3n) is 4.89. The summed E-state index contributed by atoms with van der Waals surface area (Å²) in [5, 5.41) is 0. The molecule has 1 aliphatic rings. The number of hydrogen-bond donors (Lipinski definition) is 0. The number of aryl methyl sites for hydroxylation is 1. The summed E-state index contributed by atoms with van der Waals surface area (Å²) >= 11 is 0. The summed E-state index contributed by atoms with van der Waals surface area (Å²) in [6.07, 6.45) is 6.21. The Morgan fingerprint density at radius 3 is 2.46 bits per heavy atom. The molecule has 0 aliphatic carbocycles. The van der Waals surface area contributed by atoms with Crippen molar-refractivity contribution in [2.24, 2.45) is 0 Å². The first-order chi connectivity index (χ1) is 12.6. The van der Waals surface area contributed by atoms with Crippen molar-refractivity contribution in [1.29, 1.82) is 0 Å². The van der Waals surface area contributed by atoms with Crippen molar-refractivity contribution in [2.45, 2.75) is 46.0 Å². The molecule has 1 aromatic carbocycles. The molecule has 26 heavy (non-hydrogen) atoms. The Balaban J connectivity index is 1.56. The molecule has 2 aromatic rings. The zero-order valence-corrected chi connectivity index (χ0v) is 15.8. The van der Waals surface area contributed by atoms with Gasteiger partial charge in [0.05, 0.1) is 12.3 Å². The first-order valence-electron chi connectivity index (χ1n) is 9.60. The normalized spacial score (nSPS) is 15.2. The van der Waals surface area contributed by atoms with Gasteiger partial charge in [-0.1, -0.05) is 6.42 Å². The maximum Gasteiger partial charge on any atom is 0.220 e. The number of rotatable bonds is 7. The van der Waals surface area contributed by atoms with E-state index in [0.717, 1.165) is 36.2 Å². The molecule has 0 unspecified atom stereocenters. The van der Waals surface area contributed by atoms with Crippen LogP contribution in [0, 0.1) is 19.7 Å². The Bertz CT molecular complexity index is 712. The quantitative estimate of drug-likeness (QED) is 0.682. The van der Waals surface area contributed by atoms with E-state index in [1.165, 1.54) is 44.5 Å². The Morgan fingerprint density at radius 2 is 1.73 bits per heavy atom. The lowest BCUT2D eigenvalue weighted by molar-refractivity contribution is 0.214. The Labute approximate surface area is 155 Å². The van der Waals surface area contributed by atoms with Crippen molar-refractivity contribution < 1.29 is 9.13 Å². The standard InChI is InChI=1S/C21H28FN3O/c1-16-20(18-8-10-19(22)11-9-18)23-17(2)24-21(16)26-15-7-6-14-25-12-4-3-5-13-25/h8-11H,3-7,12-15H2,1-2H3. The number of unbranched alkanes of at least 4 members (excludes halogenated alkanes) is 1. The van der Waals surface area contributed by atoms with Crippen LogP contribution in [0.25, 0.3) is 11.3 Å². The zero-order valence-electron chi connectivity index (χ0n) is 15.8. The number of piperidine rings is 1. The highest BCUT2D eigenvalue weighted by Gasteiger charge is 2.13. The van der Waals surface area contributed by atoms with Gasteiger partial charge in [0.2, 0.25) is 5.88 Å². The summed E-state index contributed by atoms with van der Waals surface area (Å²) < 4.78 is 19.1. The second-order valence-corrected chi connectivity index (χ2v) is 7.01. The Hall–Kier alpha value is -2.01. The summed E-state index contributed by atoms with van der Waals surface area (Å²) in [5.74, 6) is 1.05. The van der Waals surface area contributed by atoms with Gasteiger partial charge in [-0.05, 0) is 83.4 Å². The number of ether oxygens (including phenoxy) is 1.